The van der Waals surface area contributed by atoms with Gasteiger partial charge in [0, 0.05) is 0 Å². The Balaban J connectivity index is 1.78. The molecule has 2 aliphatic rings. The number of carbonyl (C=O) groups excluding carboxylic acids is 1. The summed E-state index contributed by atoms with van der Waals surface area (Å²) in [6, 6.07) is 17.7. The number of aliphatic imine (C=N–C) groups is 1. The Morgan fingerprint density at radius 2 is 1.89 bits per heavy atom. The van der Waals surface area contributed by atoms with Gasteiger partial charge in [-0.2, -0.15) is 5.26 Å². The van der Waals surface area contributed by atoms with E-state index in [0.717, 1.165) is 11.1 Å². The van der Waals surface area contributed by atoms with Crippen molar-refractivity contribution in [2.45, 2.75) is 43.6 Å². The van der Waals surface area contributed by atoms with Gasteiger partial charge in [0.15, 0.2) is 5.96 Å². The molecule has 4 rings (SSSR count). The number of rotatable bonds is 3. The van der Waals surface area contributed by atoms with Gasteiger partial charge in [-0.25, -0.2) is 4.99 Å². The molecule has 2 aromatic rings. The molecule has 1 aliphatic heterocycles. The minimum atomic E-state index is -0.878. The number of guanidine groups is 1. The number of benzene rings is 2. The van der Waals surface area contributed by atoms with E-state index in [1.807, 2.05) is 31.2 Å². The highest BCUT2D eigenvalue weighted by atomic mass is 16.2. The summed E-state index contributed by atoms with van der Waals surface area (Å²) in [5, 5.41) is 11.9. The number of amides is 1. The SMILES string of the molecule is C[C@]1(c2cccc(C#N)c2)N=C(N)NC(=O)[C@@H]1c1ccc(C2CCC2)cc1. The van der Waals surface area contributed by atoms with Gasteiger partial charge in [-0.15, -0.1) is 0 Å². The summed E-state index contributed by atoms with van der Waals surface area (Å²) in [6.07, 6.45) is 3.77. The first kappa shape index (κ1) is 17.3. The van der Waals surface area contributed by atoms with Gasteiger partial charge in [-0.05, 0) is 54.5 Å². The second-order valence-electron chi connectivity index (χ2n) is 7.55. The maximum Gasteiger partial charge on any atom is 0.237 e. The average molecular weight is 358 g/mol. The van der Waals surface area contributed by atoms with Gasteiger partial charge in [0.2, 0.25) is 5.91 Å². The predicted molar refractivity (Wildman–Crippen MR) is 104 cm³/mol. The van der Waals surface area contributed by atoms with Crippen molar-refractivity contribution < 1.29 is 4.79 Å². The Hall–Kier alpha value is -3.13. The van der Waals surface area contributed by atoms with Gasteiger partial charge in [0.05, 0.1) is 17.6 Å². The van der Waals surface area contributed by atoms with Crippen LogP contribution in [-0.4, -0.2) is 11.9 Å². The van der Waals surface area contributed by atoms with Crippen LogP contribution >= 0.6 is 0 Å². The molecule has 136 valence electrons. The molecule has 0 radical (unpaired) electrons. The molecule has 1 saturated carbocycles. The fraction of sp³-hybridized carbons (Fsp3) is 0.318. The van der Waals surface area contributed by atoms with Crippen molar-refractivity contribution in [1.82, 2.24) is 5.32 Å². The fourth-order valence-electron chi connectivity index (χ4n) is 4.11. The summed E-state index contributed by atoms with van der Waals surface area (Å²) in [6.45, 7) is 1.90. The third kappa shape index (κ3) is 2.97. The smallest absolute Gasteiger partial charge is 0.237 e. The number of hydrogen-bond acceptors (Lipinski definition) is 4. The van der Waals surface area contributed by atoms with Crippen molar-refractivity contribution in [3.8, 4) is 6.07 Å². The van der Waals surface area contributed by atoms with Crippen LogP contribution in [0.2, 0.25) is 0 Å². The van der Waals surface area contributed by atoms with E-state index < -0.39 is 11.5 Å². The molecule has 2 atom stereocenters. The van der Waals surface area contributed by atoms with Crippen LogP contribution in [0, 0.1) is 11.3 Å². The van der Waals surface area contributed by atoms with E-state index in [1.165, 1.54) is 24.8 Å². The molecule has 5 nitrogen and oxygen atoms in total. The number of nitrogens with two attached hydrogens (primary N) is 1. The van der Waals surface area contributed by atoms with Crippen molar-refractivity contribution in [1.29, 1.82) is 5.26 Å². The van der Waals surface area contributed by atoms with Gasteiger partial charge in [0.1, 0.15) is 5.54 Å². The minimum Gasteiger partial charge on any atom is -0.370 e. The van der Waals surface area contributed by atoms with E-state index in [1.54, 1.807) is 12.1 Å². The van der Waals surface area contributed by atoms with Gasteiger partial charge in [-0.1, -0.05) is 42.8 Å². The molecule has 5 heteroatoms. The number of nitriles is 1. The summed E-state index contributed by atoms with van der Waals surface area (Å²) in [4.78, 5) is 17.5. The van der Waals surface area contributed by atoms with Crippen molar-refractivity contribution >= 4 is 11.9 Å². The second-order valence-corrected chi connectivity index (χ2v) is 7.55. The summed E-state index contributed by atoms with van der Waals surface area (Å²) in [7, 11) is 0. The Morgan fingerprint density at radius 3 is 2.52 bits per heavy atom. The summed E-state index contributed by atoms with van der Waals surface area (Å²) >= 11 is 0. The lowest BCUT2D eigenvalue weighted by molar-refractivity contribution is -0.123. The van der Waals surface area contributed by atoms with Crippen LogP contribution in [-0.2, 0) is 10.3 Å². The van der Waals surface area contributed by atoms with Crippen LogP contribution in [0.5, 0.6) is 0 Å². The fourth-order valence-corrected chi connectivity index (χ4v) is 4.11. The van der Waals surface area contributed by atoms with Gasteiger partial charge < -0.3 is 5.73 Å². The molecule has 1 heterocycles. The zero-order valence-electron chi connectivity index (χ0n) is 15.3. The van der Waals surface area contributed by atoms with E-state index >= 15 is 0 Å². The molecule has 1 amide bonds. The first-order valence-electron chi connectivity index (χ1n) is 9.28. The summed E-state index contributed by atoms with van der Waals surface area (Å²) in [5.41, 5.74) is 8.58. The number of carbonyl (C=O) groups is 1. The molecule has 0 unspecified atom stereocenters. The summed E-state index contributed by atoms with van der Waals surface area (Å²) in [5.74, 6) is 0.0525. The molecule has 0 spiro atoms. The molecule has 27 heavy (non-hydrogen) atoms. The third-order valence-electron chi connectivity index (χ3n) is 5.85. The minimum absolute atomic E-state index is 0.104. The lowest BCUT2D eigenvalue weighted by Gasteiger charge is -2.38. The maximum absolute atomic E-state index is 12.9. The Bertz CT molecular complexity index is 953. The predicted octanol–water partition coefficient (Wildman–Crippen LogP) is 3.27. The molecular formula is C22H22N4O. The summed E-state index contributed by atoms with van der Waals surface area (Å²) < 4.78 is 0. The zero-order chi connectivity index (χ0) is 19.0. The van der Waals surface area contributed by atoms with E-state index in [0.29, 0.717) is 11.5 Å². The highest BCUT2D eigenvalue weighted by Gasteiger charge is 2.45. The quantitative estimate of drug-likeness (QED) is 0.882. The van der Waals surface area contributed by atoms with Crippen LogP contribution in [0.15, 0.2) is 53.5 Å². The lowest BCUT2D eigenvalue weighted by Crippen LogP contribution is -2.51. The maximum atomic E-state index is 12.9. The standard InChI is InChI=1S/C22H22N4O/c1-22(18-7-2-4-14(12-18)13-23)19(20(27)25-21(24)26-22)17-10-8-16(9-11-17)15-5-3-6-15/h2,4,7-12,15,19H,3,5-6H2,1H3,(H3,24,25,26,27)/t19-,22+/m0/s1. The van der Waals surface area contributed by atoms with Crippen LogP contribution in [0.3, 0.4) is 0 Å². The average Bonchev–Trinajstić information content (AvgIpc) is 2.61. The molecule has 2 aromatic carbocycles. The first-order valence-corrected chi connectivity index (χ1v) is 9.28. The van der Waals surface area contributed by atoms with Crippen LogP contribution < -0.4 is 11.1 Å². The molecule has 1 aliphatic carbocycles. The Morgan fingerprint density at radius 1 is 1.19 bits per heavy atom. The van der Waals surface area contributed by atoms with Gasteiger partial charge >= 0.3 is 0 Å². The van der Waals surface area contributed by atoms with E-state index in [2.05, 4.69) is 28.5 Å². The second kappa shape index (κ2) is 6.55. The van der Waals surface area contributed by atoms with Crippen molar-refractivity contribution in [3.05, 3.63) is 70.8 Å². The monoisotopic (exact) mass is 358 g/mol. The number of hydrogen-bond donors (Lipinski definition) is 2. The Labute approximate surface area is 158 Å². The Kier molecular flexibility index (Phi) is 4.19. The molecule has 0 aromatic heterocycles. The van der Waals surface area contributed by atoms with E-state index in [4.69, 9.17) is 5.73 Å². The largest absolute Gasteiger partial charge is 0.370 e. The van der Waals surface area contributed by atoms with Crippen molar-refractivity contribution in [3.63, 3.8) is 0 Å². The molecule has 0 saturated heterocycles. The highest BCUT2D eigenvalue weighted by Crippen LogP contribution is 2.43. The number of nitrogens with one attached hydrogen (secondary N) is 1. The van der Waals surface area contributed by atoms with Gasteiger partial charge in [0.25, 0.3) is 0 Å². The molecular weight excluding hydrogens is 336 g/mol. The molecule has 3 N–H and O–H groups in total. The van der Waals surface area contributed by atoms with Crippen molar-refractivity contribution in [2.24, 2.45) is 10.7 Å². The van der Waals surface area contributed by atoms with Crippen LogP contribution in [0.1, 0.15) is 60.3 Å². The normalized spacial score (nSPS) is 25.1. The van der Waals surface area contributed by atoms with Crippen molar-refractivity contribution in [2.75, 3.05) is 0 Å². The van der Waals surface area contributed by atoms with E-state index in [-0.39, 0.29) is 11.9 Å². The first-order chi connectivity index (χ1) is 13.0. The number of nitrogens with zero attached hydrogens (tertiary/aromatic N) is 2. The van der Waals surface area contributed by atoms with Crippen LogP contribution in [0.25, 0.3) is 0 Å². The highest BCUT2D eigenvalue weighted by molar-refractivity contribution is 6.02. The zero-order valence-corrected chi connectivity index (χ0v) is 15.3. The topological polar surface area (TPSA) is 91.3 Å². The molecule has 0 bridgehead atoms. The third-order valence-corrected chi connectivity index (χ3v) is 5.85. The van der Waals surface area contributed by atoms with Crippen LogP contribution in [0.4, 0.5) is 0 Å². The van der Waals surface area contributed by atoms with Gasteiger partial charge in [-0.3, -0.25) is 10.1 Å². The lowest BCUT2D eigenvalue weighted by atomic mass is 9.73. The molecule has 1 fully saturated rings. The van der Waals surface area contributed by atoms with E-state index in [9.17, 15) is 10.1 Å².